The first-order valence-electron chi connectivity index (χ1n) is 8.45. The van der Waals surface area contributed by atoms with E-state index >= 15 is 0 Å². The van der Waals surface area contributed by atoms with Crippen LogP contribution in [-0.4, -0.2) is 10.8 Å². The molecular weight excluding hydrogens is 388 g/mol. The van der Waals surface area contributed by atoms with Crippen molar-refractivity contribution in [1.29, 1.82) is 0 Å². The van der Waals surface area contributed by atoms with Gasteiger partial charge >= 0.3 is 0 Å². The third kappa shape index (κ3) is 2.02. The van der Waals surface area contributed by atoms with E-state index in [1.165, 1.54) is 0 Å². The number of para-hydroxylation sites is 1. The number of carbonyl (C=O) groups excluding carboxylic acids is 1. The fourth-order valence-corrected chi connectivity index (χ4v) is 4.25. The molecule has 3 aromatic carbocycles. The molecule has 2 heterocycles. The molecule has 0 radical (unpaired) electrons. The molecule has 26 heavy (non-hydrogen) atoms. The molecule has 0 bridgehead atoms. The summed E-state index contributed by atoms with van der Waals surface area (Å²) in [6, 6.07) is 23.7. The van der Waals surface area contributed by atoms with Crippen molar-refractivity contribution in [2.75, 3.05) is 5.32 Å². The Morgan fingerprint density at radius 1 is 0.885 bits per heavy atom. The number of carbonyl (C=O) groups is 1. The maximum absolute atomic E-state index is 13.7. The topological polar surface area (TPSA) is 44.9 Å². The molecule has 0 amide bonds. The minimum Gasteiger partial charge on any atom is -0.365 e. The predicted molar refractivity (Wildman–Crippen MR) is 108 cm³/mol. The minimum atomic E-state index is -0.940. The molecule has 1 aliphatic rings. The van der Waals surface area contributed by atoms with Crippen molar-refractivity contribution in [2.45, 2.75) is 5.54 Å². The van der Waals surface area contributed by atoms with E-state index in [9.17, 15) is 4.79 Å². The number of anilines is 1. The van der Waals surface area contributed by atoms with E-state index in [4.69, 9.17) is 0 Å². The van der Waals surface area contributed by atoms with Crippen molar-refractivity contribution in [3.8, 4) is 0 Å². The first-order valence-corrected chi connectivity index (χ1v) is 9.24. The van der Waals surface area contributed by atoms with Gasteiger partial charge in [0.15, 0.2) is 11.3 Å². The SMILES string of the molecule is O=C1c2ccccc2NC1(c1ccccc1)c1c[nH]c2ccc(Br)cc12. The van der Waals surface area contributed by atoms with Crippen LogP contribution in [0.25, 0.3) is 10.9 Å². The van der Waals surface area contributed by atoms with E-state index in [-0.39, 0.29) is 5.78 Å². The van der Waals surface area contributed by atoms with Crippen molar-refractivity contribution >= 4 is 38.3 Å². The summed E-state index contributed by atoms with van der Waals surface area (Å²) >= 11 is 3.56. The molecule has 5 rings (SSSR count). The fraction of sp³-hybridized carbons (Fsp3) is 0.0455. The number of ketones is 1. The van der Waals surface area contributed by atoms with Crippen molar-refractivity contribution < 1.29 is 4.79 Å². The highest BCUT2D eigenvalue weighted by Crippen LogP contribution is 2.46. The second-order valence-electron chi connectivity index (χ2n) is 6.51. The molecule has 1 atom stereocenters. The van der Waals surface area contributed by atoms with Gasteiger partial charge in [0, 0.05) is 38.4 Å². The smallest absolute Gasteiger partial charge is 0.199 e. The lowest BCUT2D eigenvalue weighted by Crippen LogP contribution is -2.39. The first-order chi connectivity index (χ1) is 12.7. The Hall–Kier alpha value is -2.85. The van der Waals surface area contributed by atoms with Gasteiger partial charge in [-0.1, -0.05) is 58.4 Å². The zero-order valence-corrected chi connectivity index (χ0v) is 15.4. The molecule has 126 valence electrons. The van der Waals surface area contributed by atoms with Crippen LogP contribution in [0.2, 0.25) is 0 Å². The number of aromatic nitrogens is 1. The summed E-state index contributed by atoms with van der Waals surface area (Å²) in [5.41, 5.74) is 3.52. The average Bonchev–Trinajstić information content (AvgIpc) is 3.22. The Morgan fingerprint density at radius 2 is 1.65 bits per heavy atom. The van der Waals surface area contributed by atoms with Crippen LogP contribution in [-0.2, 0) is 5.54 Å². The third-order valence-corrected chi connectivity index (χ3v) is 5.58. The van der Waals surface area contributed by atoms with Crippen LogP contribution in [0, 0.1) is 0 Å². The van der Waals surface area contributed by atoms with Gasteiger partial charge in [0.2, 0.25) is 0 Å². The van der Waals surface area contributed by atoms with Crippen LogP contribution >= 0.6 is 15.9 Å². The van der Waals surface area contributed by atoms with Crippen LogP contribution in [0.1, 0.15) is 21.5 Å². The highest BCUT2D eigenvalue weighted by Gasteiger charge is 2.49. The van der Waals surface area contributed by atoms with Crippen LogP contribution in [0.3, 0.4) is 0 Å². The van der Waals surface area contributed by atoms with Gasteiger partial charge in [-0.2, -0.15) is 0 Å². The van der Waals surface area contributed by atoms with Gasteiger partial charge in [0.25, 0.3) is 0 Å². The standard InChI is InChI=1S/C22H15BrN2O/c23-15-10-11-19-17(12-15)18(13-24-19)22(14-6-2-1-3-7-14)21(26)16-8-4-5-9-20(16)25-22/h1-13,24-25H. The quantitative estimate of drug-likeness (QED) is 0.466. The van der Waals surface area contributed by atoms with Gasteiger partial charge in [-0.15, -0.1) is 0 Å². The molecular formula is C22H15BrN2O. The molecule has 0 saturated heterocycles. The molecule has 4 heteroatoms. The molecule has 4 aromatic rings. The zero-order valence-electron chi connectivity index (χ0n) is 13.8. The summed E-state index contributed by atoms with van der Waals surface area (Å²) in [6.45, 7) is 0. The number of fused-ring (bicyclic) bond motifs is 2. The average molecular weight is 403 g/mol. The van der Waals surface area contributed by atoms with Crippen LogP contribution in [0.15, 0.2) is 83.5 Å². The molecule has 1 aliphatic heterocycles. The summed E-state index contributed by atoms with van der Waals surface area (Å²) in [5.74, 6) is 0.0696. The van der Waals surface area contributed by atoms with E-state index in [1.54, 1.807) is 0 Å². The molecule has 0 saturated carbocycles. The number of Topliss-reactive ketones (excluding diaryl/α,β-unsaturated/α-hetero) is 1. The number of rotatable bonds is 2. The Bertz CT molecular complexity index is 1150. The number of benzene rings is 3. The van der Waals surface area contributed by atoms with Gasteiger partial charge in [-0.3, -0.25) is 4.79 Å². The van der Waals surface area contributed by atoms with Crippen molar-refractivity contribution in [1.82, 2.24) is 4.98 Å². The molecule has 3 nitrogen and oxygen atoms in total. The van der Waals surface area contributed by atoms with E-state index in [0.717, 1.165) is 37.8 Å². The summed E-state index contributed by atoms with van der Waals surface area (Å²) in [5, 5.41) is 4.57. The van der Waals surface area contributed by atoms with Crippen molar-refractivity contribution in [3.05, 3.63) is 100 Å². The van der Waals surface area contributed by atoms with Crippen molar-refractivity contribution in [3.63, 3.8) is 0 Å². The maximum Gasteiger partial charge on any atom is 0.199 e. The van der Waals surface area contributed by atoms with Gasteiger partial charge in [-0.05, 0) is 35.9 Å². The van der Waals surface area contributed by atoms with Gasteiger partial charge in [-0.25, -0.2) is 0 Å². The van der Waals surface area contributed by atoms with Crippen LogP contribution in [0.5, 0.6) is 0 Å². The lowest BCUT2D eigenvalue weighted by atomic mass is 9.79. The Kier molecular flexibility index (Phi) is 3.31. The highest BCUT2D eigenvalue weighted by atomic mass is 79.9. The Morgan fingerprint density at radius 3 is 2.46 bits per heavy atom. The molecule has 1 unspecified atom stereocenters. The molecule has 0 fully saturated rings. The minimum absolute atomic E-state index is 0.0696. The maximum atomic E-state index is 13.7. The van der Waals surface area contributed by atoms with E-state index < -0.39 is 5.54 Å². The normalized spacial score (nSPS) is 18.7. The summed E-state index contributed by atoms with van der Waals surface area (Å²) < 4.78 is 0.983. The molecule has 0 spiro atoms. The molecule has 1 aromatic heterocycles. The lowest BCUT2D eigenvalue weighted by Gasteiger charge is -2.29. The monoisotopic (exact) mass is 402 g/mol. The lowest BCUT2D eigenvalue weighted by molar-refractivity contribution is 0.0941. The zero-order chi connectivity index (χ0) is 17.7. The van der Waals surface area contributed by atoms with E-state index in [0.29, 0.717) is 0 Å². The molecule has 2 N–H and O–H groups in total. The largest absolute Gasteiger partial charge is 0.365 e. The van der Waals surface area contributed by atoms with Gasteiger partial charge in [0.1, 0.15) is 0 Å². The van der Waals surface area contributed by atoms with Gasteiger partial charge < -0.3 is 10.3 Å². The van der Waals surface area contributed by atoms with Crippen LogP contribution < -0.4 is 5.32 Å². The number of hydrogen-bond donors (Lipinski definition) is 2. The number of H-pyrrole nitrogens is 1. The highest BCUT2D eigenvalue weighted by molar-refractivity contribution is 9.10. The van der Waals surface area contributed by atoms with E-state index in [1.807, 2.05) is 72.9 Å². The third-order valence-electron chi connectivity index (χ3n) is 5.09. The second kappa shape index (κ2) is 5.58. The Balaban J connectivity index is 1.85. The number of hydrogen-bond acceptors (Lipinski definition) is 2. The first kappa shape index (κ1) is 15.4. The fourth-order valence-electron chi connectivity index (χ4n) is 3.89. The summed E-state index contributed by atoms with van der Waals surface area (Å²) in [6.07, 6.45) is 1.95. The van der Waals surface area contributed by atoms with Gasteiger partial charge in [0.05, 0.1) is 0 Å². The number of aromatic amines is 1. The van der Waals surface area contributed by atoms with Crippen molar-refractivity contribution in [2.24, 2.45) is 0 Å². The predicted octanol–water partition coefficient (Wildman–Crippen LogP) is 5.48. The second-order valence-corrected chi connectivity index (χ2v) is 7.42. The molecule has 0 aliphatic carbocycles. The Labute approximate surface area is 159 Å². The number of nitrogens with one attached hydrogen (secondary N) is 2. The summed E-state index contributed by atoms with van der Waals surface area (Å²) in [4.78, 5) is 17.0. The van der Waals surface area contributed by atoms with E-state index in [2.05, 4.69) is 32.3 Å². The van der Waals surface area contributed by atoms with Crippen LogP contribution in [0.4, 0.5) is 5.69 Å². The number of halogens is 1. The summed E-state index contributed by atoms with van der Waals surface area (Å²) in [7, 11) is 0.